The average Bonchev–Trinajstić information content (AvgIpc) is 3.24. The summed E-state index contributed by atoms with van der Waals surface area (Å²) >= 11 is 0. The minimum Gasteiger partial charge on any atom is -0.464 e. The van der Waals surface area contributed by atoms with Gasteiger partial charge in [-0.15, -0.1) is 0 Å². The van der Waals surface area contributed by atoms with Crippen molar-refractivity contribution in [1.29, 1.82) is 0 Å². The molecule has 0 saturated heterocycles. The summed E-state index contributed by atoms with van der Waals surface area (Å²) in [7, 11) is 0. The Bertz CT molecular complexity index is 912. The largest absolute Gasteiger partial charge is 0.464 e. The van der Waals surface area contributed by atoms with Crippen LogP contribution in [0.25, 0.3) is 0 Å². The molecule has 166 valence electrons. The van der Waals surface area contributed by atoms with Gasteiger partial charge in [0.2, 0.25) is 0 Å². The minimum absolute atomic E-state index is 0.0802. The molecule has 5 heteroatoms. The number of hydrogen-bond donors (Lipinski definition) is 0. The van der Waals surface area contributed by atoms with E-state index in [1.54, 1.807) is 6.92 Å². The number of ether oxygens (including phenoxy) is 2. The lowest BCUT2D eigenvalue weighted by molar-refractivity contribution is -0.156. The Morgan fingerprint density at radius 2 is 1.87 bits per heavy atom. The fourth-order valence-corrected chi connectivity index (χ4v) is 3.66. The van der Waals surface area contributed by atoms with E-state index < -0.39 is 6.10 Å². The van der Waals surface area contributed by atoms with Crippen LogP contribution in [0.2, 0.25) is 0 Å². The molecule has 1 aliphatic heterocycles. The van der Waals surface area contributed by atoms with Gasteiger partial charge in [0.25, 0.3) is 0 Å². The first-order valence-corrected chi connectivity index (χ1v) is 11.0. The molecule has 2 aromatic rings. The fraction of sp³-hybridized carbons (Fsp3) is 0.462. The van der Waals surface area contributed by atoms with Gasteiger partial charge in [0.05, 0.1) is 12.3 Å². The van der Waals surface area contributed by atoms with Crippen molar-refractivity contribution in [1.82, 2.24) is 0 Å². The van der Waals surface area contributed by atoms with Crippen molar-refractivity contribution in [2.75, 3.05) is 13.2 Å². The average molecular weight is 424 g/mol. The summed E-state index contributed by atoms with van der Waals surface area (Å²) in [6.45, 7) is 11.1. The van der Waals surface area contributed by atoms with E-state index in [2.05, 4.69) is 56.3 Å². The van der Waals surface area contributed by atoms with Crippen molar-refractivity contribution in [3.8, 4) is 0 Å². The maximum Gasteiger partial charge on any atom is 0.335 e. The van der Waals surface area contributed by atoms with Gasteiger partial charge >= 0.3 is 5.97 Å². The topological polar surface area (TPSA) is 57.1 Å². The molecule has 0 spiro atoms. The molecule has 3 rings (SSSR count). The lowest BCUT2D eigenvalue weighted by atomic mass is 9.86. The summed E-state index contributed by atoms with van der Waals surface area (Å²) in [4.78, 5) is 17.9. The Morgan fingerprint density at radius 3 is 2.52 bits per heavy atom. The monoisotopic (exact) mass is 423 g/mol. The fourth-order valence-electron chi connectivity index (χ4n) is 3.66. The predicted octanol–water partition coefficient (Wildman–Crippen LogP) is 5.36. The zero-order chi connectivity index (χ0) is 22.4. The van der Waals surface area contributed by atoms with E-state index in [1.807, 2.05) is 25.1 Å². The van der Waals surface area contributed by atoms with Crippen LogP contribution in [-0.4, -0.2) is 31.0 Å². The Hall–Kier alpha value is -2.66. The highest BCUT2D eigenvalue weighted by Crippen LogP contribution is 2.31. The van der Waals surface area contributed by atoms with E-state index in [4.69, 9.17) is 14.3 Å². The Kier molecular flexibility index (Phi) is 7.50. The number of nitrogens with zero attached hydrogens (tertiary/aromatic N) is 1. The van der Waals surface area contributed by atoms with Crippen molar-refractivity contribution in [3.05, 3.63) is 70.8 Å². The van der Waals surface area contributed by atoms with E-state index in [-0.39, 0.29) is 17.5 Å². The normalized spacial score (nSPS) is 17.1. The van der Waals surface area contributed by atoms with Gasteiger partial charge in [-0.05, 0) is 47.6 Å². The molecule has 0 saturated carbocycles. The number of oxime groups is 1. The lowest BCUT2D eigenvalue weighted by Gasteiger charge is -2.19. The van der Waals surface area contributed by atoms with Crippen LogP contribution in [0.15, 0.2) is 53.7 Å². The number of esters is 1. The van der Waals surface area contributed by atoms with Crippen molar-refractivity contribution in [2.45, 2.75) is 65.1 Å². The van der Waals surface area contributed by atoms with E-state index in [1.165, 1.54) is 5.56 Å². The second-order valence-electron chi connectivity index (χ2n) is 8.81. The molecule has 2 unspecified atom stereocenters. The van der Waals surface area contributed by atoms with E-state index in [0.717, 1.165) is 22.4 Å². The van der Waals surface area contributed by atoms with Crippen molar-refractivity contribution >= 4 is 11.7 Å². The van der Waals surface area contributed by atoms with Gasteiger partial charge in [-0.25, -0.2) is 4.79 Å². The molecule has 2 atom stereocenters. The van der Waals surface area contributed by atoms with Crippen LogP contribution < -0.4 is 0 Å². The van der Waals surface area contributed by atoms with Gasteiger partial charge in [0.1, 0.15) is 0 Å². The molecule has 2 aromatic carbocycles. The predicted molar refractivity (Wildman–Crippen MR) is 122 cm³/mol. The second-order valence-corrected chi connectivity index (χ2v) is 8.81. The number of rotatable bonds is 8. The van der Waals surface area contributed by atoms with Crippen LogP contribution in [0.5, 0.6) is 0 Å². The molecule has 0 bridgehead atoms. The van der Waals surface area contributed by atoms with Crippen LogP contribution in [0.4, 0.5) is 0 Å². The summed E-state index contributed by atoms with van der Waals surface area (Å²) in [6.07, 6.45) is 0.497. The highest BCUT2D eigenvalue weighted by Gasteiger charge is 2.25. The third kappa shape index (κ3) is 5.95. The Morgan fingerprint density at radius 1 is 1.13 bits per heavy atom. The van der Waals surface area contributed by atoms with E-state index in [0.29, 0.717) is 26.1 Å². The summed E-state index contributed by atoms with van der Waals surface area (Å²) < 4.78 is 10.7. The summed E-state index contributed by atoms with van der Waals surface area (Å²) in [5.74, 6) is -0.324. The maximum atomic E-state index is 12.2. The smallest absolute Gasteiger partial charge is 0.335 e. The molecular weight excluding hydrogens is 390 g/mol. The molecule has 0 aromatic heterocycles. The van der Waals surface area contributed by atoms with Crippen molar-refractivity contribution < 1.29 is 19.1 Å². The first kappa shape index (κ1) is 23.0. The number of benzene rings is 2. The van der Waals surface area contributed by atoms with E-state index >= 15 is 0 Å². The van der Waals surface area contributed by atoms with Gasteiger partial charge in [-0.2, -0.15) is 0 Å². The van der Waals surface area contributed by atoms with Crippen LogP contribution >= 0.6 is 0 Å². The van der Waals surface area contributed by atoms with Crippen LogP contribution in [0, 0.1) is 0 Å². The standard InChI is InChI=1S/C26H33NO4/c1-6-29-24(25(28)30-7-2)16-18-9-8-10-20(15-18)22-17-23(31-27-22)19-11-13-21(14-12-19)26(3,4)5/h8-15,23-24H,6-7,16-17H2,1-5H3. The lowest BCUT2D eigenvalue weighted by Crippen LogP contribution is -2.29. The van der Waals surface area contributed by atoms with Gasteiger partial charge in [0.15, 0.2) is 12.2 Å². The van der Waals surface area contributed by atoms with Gasteiger partial charge in [-0.3, -0.25) is 0 Å². The molecular formula is C26H33NO4. The molecule has 0 N–H and O–H groups in total. The Labute approximate surface area is 185 Å². The minimum atomic E-state index is -0.601. The molecule has 0 fully saturated rings. The molecule has 0 amide bonds. The highest BCUT2D eigenvalue weighted by atomic mass is 16.6. The third-order valence-corrected chi connectivity index (χ3v) is 5.42. The molecule has 1 heterocycles. The molecule has 0 aliphatic carbocycles. The summed E-state index contributed by atoms with van der Waals surface area (Å²) in [5.41, 5.74) is 5.47. The first-order valence-electron chi connectivity index (χ1n) is 11.0. The van der Waals surface area contributed by atoms with Crippen LogP contribution in [-0.2, 0) is 30.9 Å². The van der Waals surface area contributed by atoms with E-state index in [9.17, 15) is 4.79 Å². The number of carbonyl (C=O) groups is 1. The SMILES string of the molecule is CCOC(=O)C(Cc1cccc(C2=NOC(c3ccc(C(C)(C)C)cc3)C2)c1)OCC. The summed E-state index contributed by atoms with van der Waals surface area (Å²) in [6, 6.07) is 16.6. The first-order chi connectivity index (χ1) is 14.8. The number of hydrogen-bond acceptors (Lipinski definition) is 5. The maximum absolute atomic E-state index is 12.2. The molecule has 31 heavy (non-hydrogen) atoms. The van der Waals surface area contributed by atoms with Crippen LogP contribution in [0.1, 0.15) is 69.4 Å². The Balaban J connectivity index is 1.68. The van der Waals surface area contributed by atoms with Gasteiger partial charge in [-0.1, -0.05) is 68.4 Å². The molecule has 5 nitrogen and oxygen atoms in total. The molecule has 0 radical (unpaired) electrons. The van der Waals surface area contributed by atoms with Crippen molar-refractivity contribution in [2.24, 2.45) is 5.16 Å². The van der Waals surface area contributed by atoms with Gasteiger partial charge in [0, 0.05) is 19.4 Å². The third-order valence-electron chi connectivity index (χ3n) is 5.42. The van der Waals surface area contributed by atoms with Crippen LogP contribution in [0.3, 0.4) is 0 Å². The quantitative estimate of drug-likeness (QED) is 0.536. The summed E-state index contributed by atoms with van der Waals surface area (Å²) in [5, 5.41) is 4.35. The van der Waals surface area contributed by atoms with Crippen molar-refractivity contribution in [3.63, 3.8) is 0 Å². The second kappa shape index (κ2) is 10.1. The zero-order valence-corrected chi connectivity index (χ0v) is 19.2. The zero-order valence-electron chi connectivity index (χ0n) is 19.2. The highest BCUT2D eigenvalue weighted by molar-refractivity contribution is 6.01. The van der Waals surface area contributed by atoms with Gasteiger partial charge < -0.3 is 14.3 Å². The molecule has 1 aliphatic rings. The number of carbonyl (C=O) groups excluding carboxylic acids is 1.